The monoisotopic (exact) mass is 200 g/mol. The van der Waals surface area contributed by atoms with Crippen LogP contribution in [0.1, 0.15) is 5.56 Å². The van der Waals surface area contributed by atoms with Crippen molar-refractivity contribution in [1.29, 1.82) is 0 Å². The van der Waals surface area contributed by atoms with Crippen LogP contribution in [0.3, 0.4) is 0 Å². The Kier molecular flexibility index (Phi) is 2.58. The van der Waals surface area contributed by atoms with E-state index in [9.17, 15) is 8.42 Å². The molecular weight excluding hydrogens is 188 g/mol. The third-order valence-electron chi connectivity index (χ3n) is 1.77. The van der Waals surface area contributed by atoms with E-state index in [1.807, 2.05) is 0 Å². The van der Waals surface area contributed by atoms with Gasteiger partial charge >= 0.3 is 0 Å². The highest BCUT2D eigenvalue weighted by Crippen LogP contribution is 2.17. The third-order valence-corrected chi connectivity index (χ3v) is 3.33. The second kappa shape index (κ2) is 3.35. The topological polar surface area (TPSA) is 72.2 Å². The van der Waals surface area contributed by atoms with E-state index in [0.717, 1.165) is 0 Å². The molecule has 0 radical (unpaired) electrons. The minimum absolute atomic E-state index is 0.231. The van der Waals surface area contributed by atoms with E-state index < -0.39 is 10.0 Å². The maximum Gasteiger partial charge on any atom is 0.240 e. The normalized spacial score (nSPS) is 11.5. The summed E-state index contributed by atoms with van der Waals surface area (Å²) in [7, 11) is -2.01. The molecule has 4 nitrogen and oxygen atoms in total. The predicted molar refractivity (Wildman–Crippen MR) is 51.8 cm³/mol. The number of sulfonamides is 1. The second-order valence-electron chi connectivity index (χ2n) is 2.73. The van der Waals surface area contributed by atoms with Gasteiger partial charge in [-0.1, -0.05) is 6.07 Å². The number of benzene rings is 1. The molecule has 0 bridgehead atoms. The molecule has 0 saturated heterocycles. The molecule has 72 valence electrons. The predicted octanol–water partition coefficient (Wildman–Crippen LogP) is 0.485. The molecule has 0 heterocycles. The number of hydrogen-bond acceptors (Lipinski definition) is 3. The van der Waals surface area contributed by atoms with Gasteiger partial charge in [0.25, 0.3) is 0 Å². The second-order valence-corrected chi connectivity index (χ2v) is 4.59. The molecule has 3 N–H and O–H groups in total. The van der Waals surface area contributed by atoms with Crippen LogP contribution in [-0.2, 0) is 10.0 Å². The first kappa shape index (κ1) is 10.0. The lowest BCUT2D eigenvalue weighted by Crippen LogP contribution is -2.19. The Labute approximate surface area is 77.8 Å². The Morgan fingerprint density at radius 1 is 1.38 bits per heavy atom. The van der Waals surface area contributed by atoms with Gasteiger partial charge in [-0.05, 0) is 31.7 Å². The lowest BCUT2D eigenvalue weighted by atomic mass is 10.2. The number of nitrogen functional groups attached to an aromatic ring is 1. The summed E-state index contributed by atoms with van der Waals surface area (Å²) in [6.07, 6.45) is 0. The highest BCUT2D eigenvalue weighted by atomic mass is 32.2. The average Bonchev–Trinajstić information content (AvgIpc) is 2.09. The minimum Gasteiger partial charge on any atom is -0.399 e. The largest absolute Gasteiger partial charge is 0.399 e. The molecule has 13 heavy (non-hydrogen) atoms. The lowest BCUT2D eigenvalue weighted by molar-refractivity contribution is 0.587. The van der Waals surface area contributed by atoms with Crippen molar-refractivity contribution in [2.75, 3.05) is 12.8 Å². The van der Waals surface area contributed by atoms with Crippen molar-refractivity contribution in [3.63, 3.8) is 0 Å². The molecule has 0 amide bonds. The Bertz CT molecular complexity index is 412. The number of hydrogen-bond donors (Lipinski definition) is 2. The molecule has 0 aliphatic heterocycles. The molecule has 0 aliphatic rings. The van der Waals surface area contributed by atoms with Crippen LogP contribution in [0.5, 0.6) is 0 Å². The minimum atomic E-state index is -3.38. The zero-order chi connectivity index (χ0) is 10.1. The van der Waals surface area contributed by atoms with Crippen LogP contribution in [0.4, 0.5) is 5.69 Å². The smallest absolute Gasteiger partial charge is 0.240 e. The highest BCUT2D eigenvalue weighted by Gasteiger charge is 2.13. The van der Waals surface area contributed by atoms with E-state index in [4.69, 9.17) is 5.73 Å². The number of nitrogens with two attached hydrogens (primary N) is 1. The van der Waals surface area contributed by atoms with Gasteiger partial charge in [-0.25, -0.2) is 13.1 Å². The van der Waals surface area contributed by atoms with Gasteiger partial charge in [0, 0.05) is 5.69 Å². The third kappa shape index (κ3) is 1.99. The van der Waals surface area contributed by atoms with Crippen molar-refractivity contribution >= 4 is 15.7 Å². The molecule has 0 spiro atoms. The maximum atomic E-state index is 11.4. The van der Waals surface area contributed by atoms with Crippen molar-refractivity contribution in [2.45, 2.75) is 11.8 Å². The van der Waals surface area contributed by atoms with Crippen LogP contribution in [0, 0.1) is 6.92 Å². The van der Waals surface area contributed by atoms with Crippen molar-refractivity contribution in [3.05, 3.63) is 23.8 Å². The van der Waals surface area contributed by atoms with Crippen molar-refractivity contribution in [1.82, 2.24) is 4.72 Å². The van der Waals surface area contributed by atoms with Gasteiger partial charge in [-0.15, -0.1) is 0 Å². The summed E-state index contributed by atoms with van der Waals surface area (Å²) < 4.78 is 25.1. The summed E-state index contributed by atoms with van der Waals surface area (Å²) in [5.74, 6) is 0. The first-order valence-electron chi connectivity index (χ1n) is 3.77. The number of rotatable bonds is 2. The number of aryl methyl sites for hydroxylation is 1. The molecular formula is C8H12N2O2S. The molecule has 1 rings (SSSR count). The van der Waals surface area contributed by atoms with Gasteiger partial charge < -0.3 is 5.73 Å². The summed E-state index contributed by atoms with van der Waals surface area (Å²) in [5, 5.41) is 0. The van der Waals surface area contributed by atoms with Gasteiger partial charge in [0.05, 0.1) is 4.90 Å². The fourth-order valence-corrected chi connectivity index (χ4v) is 2.02. The van der Waals surface area contributed by atoms with Crippen LogP contribution in [0.2, 0.25) is 0 Å². The molecule has 0 atom stereocenters. The van der Waals surface area contributed by atoms with Crippen molar-refractivity contribution < 1.29 is 8.42 Å². The van der Waals surface area contributed by atoms with Gasteiger partial charge in [0.1, 0.15) is 0 Å². The van der Waals surface area contributed by atoms with E-state index in [-0.39, 0.29) is 4.90 Å². The summed E-state index contributed by atoms with van der Waals surface area (Å²) in [4.78, 5) is 0.231. The summed E-state index contributed by atoms with van der Waals surface area (Å²) in [5.41, 5.74) is 6.61. The lowest BCUT2D eigenvalue weighted by Gasteiger charge is -2.06. The quantitative estimate of drug-likeness (QED) is 0.682. The van der Waals surface area contributed by atoms with E-state index in [2.05, 4.69) is 4.72 Å². The SMILES string of the molecule is CNS(=O)(=O)c1cc(N)ccc1C. The Hall–Kier alpha value is -1.07. The van der Waals surface area contributed by atoms with E-state index in [1.54, 1.807) is 19.1 Å². The number of anilines is 1. The van der Waals surface area contributed by atoms with E-state index >= 15 is 0 Å². The Morgan fingerprint density at radius 2 is 2.00 bits per heavy atom. The molecule has 1 aromatic rings. The molecule has 0 unspecified atom stereocenters. The fourth-order valence-electron chi connectivity index (χ4n) is 1.02. The zero-order valence-electron chi connectivity index (χ0n) is 7.53. The summed E-state index contributed by atoms with van der Waals surface area (Å²) in [6.45, 7) is 1.73. The van der Waals surface area contributed by atoms with Crippen molar-refractivity contribution in [3.8, 4) is 0 Å². The number of nitrogens with one attached hydrogen (secondary N) is 1. The van der Waals surface area contributed by atoms with Gasteiger partial charge in [0.15, 0.2) is 0 Å². The summed E-state index contributed by atoms with van der Waals surface area (Å²) in [6, 6.07) is 4.80. The highest BCUT2D eigenvalue weighted by molar-refractivity contribution is 7.89. The molecule has 0 fully saturated rings. The van der Waals surface area contributed by atoms with Crippen molar-refractivity contribution in [2.24, 2.45) is 0 Å². The summed E-state index contributed by atoms with van der Waals surface area (Å²) >= 11 is 0. The average molecular weight is 200 g/mol. The molecule has 0 saturated carbocycles. The molecule has 0 aromatic heterocycles. The van der Waals surface area contributed by atoms with Crippen LogP contribution in [0.15, 0.2) is 23.1 Å². The molecule has 1 aromatic carbocycles. The Morgan fingerprint density at radius 3 is 2.54 bits per heavy atom. The van der Waals surface area contributed by atoms with Gasteiger partial charge in [-0.2, -0.15) is 0 Å². The van der Waals surface area contributed by atoms with Gasteiger partial charge in [0.2, 0.25) is 10.0 Å². The molecule has 5 heteroatoms. The van der Waals surface area contributed by atoms with E-state index in [1.165, 1.54) is 13.1 Å². The first-order valence-corrected chi connectivity index (χ1v) is 5.25. The standard InChI is InChI=1S/C8H12N2O2S/c1-6-3-4-7(9)5-8(6)13(11,12)10-2/h3-5,10H,9H2,1-2H3. The van der Waals surface area contributed by atoms with Crippen LogP contribution >= 0.6 is 0 Å². The van der Waals surface area contributed by atoms with Crippen LogP contribution in [0.25, 0.3) is 0 Å². The first-order chi connectivity index (χ1) is 5.97. The Balaban J connectivity index is 3.38. The molecule has 0 aliphatic carbocycles. The fraction of sp³-hybridized carbons (Fsp3) is 0.250. The zero-order valence-corrected chi connectivity index (χ0v) is 8.35. The van der Waals surface area contributed by atoms with E-state index in [0.29, 0.717) is 11.3 Å². The van der Waals surface area contributed by atoms with Gasteiger partial charge in [-0.3, -0.25) is 0 Å². The van der Waals surface area contributed by atoms with Crippen LogP contribution < -0.4 is 10.5 Å². The maximum absolute atomic E-state index is 11.4. The van der Waals surface area contributed by atoms with Crippen LogP contribution in [-0.4, -0.2) is 15.5 Å².